The number of fused-ring (bicyclic) bond motifs is 3. The Morgan fingerprint density at radius 1 is 1.18 bits per heavy atom. The first-order valence-corrected chi connectivity index (χ1v) is 14.0. The summed E-state index contributed by atoms with van der Waals surface area (Å²) in [5.41, 5.74) is 1.93. The first-order chi connectivity index (χ1) is 15.7. The van der Waals surface area contributed by atoms with Crippen molar-refractivity contribution in [3.05, 3.63) is 11.6 Å². The molecule has 2 fully saturated rings. The summed E-state index contributed by atoms with van der Waals surface area (Å²) in [6.45, 7) is 12.2. The molecule has 0 amide bonds. The van der Waals surface area contributed by atoms with Crippen LogP contribution in [0.25, 0.3) is 0 Å². The summed E-state index contributed by atoms with van der Waals surface area (Å²) in [6, 6.07) is 0. The van der Waals surface area contributed by atoms with E-state index in [9.17, 15) is 9.90 Å². The highest BCUT2D eigenvalue weighted by Gasteiger charge is 2.55. The third-order valence-electron chi connectivity index (χ3n) is 10.2. The van der Waals surface area contributed by atoms with Gasteiger partial charge in [0.25, 0.3) is 0 Å². The van der Waals surface area contributed by atoms with Crippen LogP contribution in [0.15, 0.2) is 11.6 Å². The van der Waals surface area contributed by atoms with Gasteiger partial charge in [-0.15, -0.1) is 0 Å². The van der Waals surface area contributed by atoms with Crippen molar-refractivity contribution in [2.45, 2.75) is 111 Å². The third kappa shape index (κ3) is 6.13. The van der Waals surface area contributed by atoms with E-state index in [4.69, 9.17) is 4.74 Å². The minimum Gasteiger partial charge on any atom is -0.396 e. The lowest BCUT2D eigenvalue weighted by Gasteiger charge is -2.51. The second-order valence-corrected chi connectivity index (χ2v) is 12.6. The second kappa shape index (κ2) is 11.8. The van der Waals surface area contributed by atoms with Gasteiger partial charge < -0.3 is 9.84 Å². The van der Waals surface area contributed by atoms with Crippen LogP contribution in [0.3, 0.4) is 0 Å². The first-order valence-electron chi connectivity index (χ1n) is 14.0. The molecular formula is C30H52O3. The van der Waals surface area contributed by atoms with Gasteiger partial charge in [-0.25, -0.2) is 0 Å². The molecule has 0 heterocycles. The molecule has 190 valence electrons. The lowest BCUT2D eigenvalue weighted by Crippen LogP contribution is -2.44. The Morgan fingerprint density at radius 2 is 1.94 bits per heavy atom. The first kappa shape index (κ1) is 26.9. The van der Waals surface area contributed by atoms with Crippen molar-refractivity contribution in [2.75, 3.05) is 13.7 Å². The summed E-state index contributed by atoms with van der Waals surface area (Å²) in [4.78, 5) is 13.3. The summed E-state index contributed by atoms with van der Waals surface area (Å²) in [7, 11) is 1.73. The van der Waals surface area contributed by atoms with E-state index in [1.807, 2.05) is 0 Å². The number of hydrogen-bond acceptors (Lipinski definition) is 3. The van der Waals surface area contributed by atoms with Crippen LogP contribution < -0.4 is 0 Å². The van der Waals surface area contributed by atoms with E-state index >= 15 is 0 Å². The van der Waals surface area contributed by atoms with Gasteiger partial charge in [0, 0.05) is 26.1 Å². The Labute approximate surface area is 204 Å². The van der Waals surface area contributed by atoms with Crippen LogP contribution >= 0.6 is 0 Å². The van der Waals surface area contributed by atoms with Crippen LogP contribution in [-0.4, -0.2) is 30.7 Å². The quantitative estimate of drug-likeness (QED) is 0.389. The molecule has 0 aromatic rings. The van der Waals surface area contributed by atoms with Gasteiger partial charge in [0.15, 0.2) is 0 Å². The molecule has 0 aliphatic heterocycles. The minimum atomic E-state index is -0.0263. The molecule has 0 spiro atoms. The average molecular weight is 461 g/mol. The molecule has 1 N–H and O–H groups in total. The molecule has 0 unspecified atom stereocenters. The minimum absolute atomic E-state index is 0.0177. The van der Waals surface area contributed by atoms with Crippen LogP contribution in [0.5, 0.6) is 0 Å². The second-order valence-electron chi connectivity index (χ2n) is 12.6. The average Bonchev–Trinajstić information content (AvgIpc) is 3.12. The fraction of sp³-hybridized carbons (Fsp3) is 0.900. The number of ether oxygens (including phenoxy) is 1. The molecule has 3 aliphatic rings. The van der Waals surface area contributed by atoms with E-state index in [1.54, 1.807) is 7.11 Å². The Kier molecular flexibility index (Phi) is 9.66. The zero-order valence-electron chi connectivity index (χ0n) is 22.4. The fourth-order valence-corrected chi connectivity index (χ4v) is 8.22. The molecule has 8 atom stereocenters. The molecule has 3 aliphatic carbocycles. The predicted octanol–water partition coefficient (Wildman–Crippen LogP) is 7.22. The molecule has 2 saturated carbocycles. The molecule has 0 saturated heterocycles. The maximum atomic E-state index is 13.3. The summed E-state index contributed by atoms with van der Waals surface area (Å²) in [5.74, 6) is 4.58. The molecular weight excluding hydrogens is 408 g/mol. The molecule has 0 aromatic carbocycles. The molecule has 0 radical (unpaired) electrons. The number of Topliss-reactive ketones (excluding diaryl/α,β-unsaturated/α-hetero) is 1. The monoisotopic (exact) mass is 460 g/mol. The topological polar surface area (TPSA) is 46.5 Å². The van der Waals surface area contributed by atoms with Crippen molar-refractivity contribution >= 4 is 5.78 Å². The van der Waals surface area contributed by atoms with Crippen LogP contribution in [0, 0.1) is 46.8 Å². The van der Waals surface area contributed by atoms with E-state index in [0.717, 1.165) is 30.6 Å². The van der Waals surface area contributed by atoms with Gasteiger partial charge in [-0.3, -0.25) is 4.79 Å². The smallest absolute Gasteiger partial charge is 0.138 e. The summed E-state index contributed by atoms with van der Waals surface area (Å²) >= 11 is 0. The van der Waals surface area contributed by atoms with E-state index < -0.39 is 0 Å². The van der Waals surface area contributed by atoms with Crippen molar-refractivity contribution in [1.29, 1.82) is 0 Å². The number of allylic oxidation sites excluding steroid dienone is 1. The van der Waals surface area contributed by atoms with Gasteiger partial charge in [-0.05, 0) is 92.8 Å². The van der Waals surface area contributed by atoms with Crippen molar-refractivity contribution in [3.8, 4) is 0 Å². The van der Waals surface area contributed by atoms with Crippen molar-refractivity contribution in [2.24, 2.45) is 46.8 Å². The molecule has 3 heteroatoms. The highest BCUT2D eigenvalue weighted by molar-refractivity contribution is 5.81. The number of aliphatic hydroxyl groups is 1. The van der Waals surface area contributed by atoms with Crippen LogP contribution in [0.4, 0.5) is 0 Å². The van der Waals surface area contributed by atoms with Crippen LogP contribution in [0.1, 0.15) is 105 Å². The van der Waals surface area contributed by atoms with Crippen molar-refractivity contribution in [1.82, 2.24) is 0 Å². The van der Waals surface area contributed by atoms with Crippen molar-refractivity contribution in [3.63, 3.8) is 0 Å². The number of aliphatic hydroxyl groups excluding tert-OH is 1. The number of methoxy groups -OCH3 is 1. The Hall–Kier alpha value is -0.670. The molecule has 3 nitrogen and oxygen atoms in total. The summed E-state index contributed by atoms with van der Waals surface area (Å²) in [5, 5.41) is 9.77. The largest absolute Gasteiger partial charge is 0.396 e. The zero-order valence-corrected chi connectivity index (χ0v) is 22.4. The number of hydrogen-bond donors (Lipinski definition) is 1. The van der Waals surface area contributed by atoms with Gasteiger partial charge >= 0.3 is 0 Å². The van der Waals surface area contributed by atoms with Gasteiger partial charge in [0.05, 0.1) is 6.10 Å². The molecule has 33 heavy (non-hydrogen) atoms. The lowest BCUT2D eigenvalue weighted by molar-refractivity contribution is -0.127. The number of carbonyl (C=O) groups excluding carboxylic acids is 1. The molecule has 3 rings (SSSR count). The van der Waals surface area contributed by atoms with Gasteiger partial charge in [-0.1, -0.05) is 58.6 Å². The van der Waals surface area contributed by atoms with Crippen LogP contribution in [-0.2, 0) is 9.53 Å². The van der Waals surface area contributed by atoms with Gasteiger partial charge in [-0.2, -0.15) is 0 Å². The third-order valence-corrected chi connectivity index (χ3v) is 10.2. The van der Waals surface area contributed by atoms with E-state index in [1.165, 1.54) is 50.5 Å². The normalized spacial score (nSPS) is 40.1. The van der Waals surface area contributed by atoms with E-state index in [0.29, 0.717) is 41.8 Å². The summed E-state index contributed by atoms with van der Waals surface area (Å²) in [6.07, 6.45) is 14.6. The maximum Gasteiger partial charge on any atom is 0.138 e. The standard InChI is InChI=1S/C30H52O3/c1-20(2)8-7-9-22(4)27-12-13-28-26-18-23(15-17-31)29(32)19-24(33-6)11-10-21(3)25(26)14-16-30(27,28)5/h10,20,22-28,31H,7-9,11-19H2,1-6H3/b21-10+/t22-,23+,24+,25-,26-,27-,28+,30-/m1/s1. The van der Waals surface area contributed by atoms with Gasteiger partial charge in [0.1, 0.15) is 5.78 Å². The van der Waals surface area contributed by atoms with Crippen LogP contribution in [0.2, 0.25) is 0 Å². The Balaban J connectivity index is 1.84. The van der Waals surface area contributed by atoms with Gasteiger partial charge in [0.2, 0.25) is 0 Å². The Morgan fingerprint density at radius 3 is 2.61 bits per heavy atom. The maximum absolute atomic E-state index is 13.3. The lowest BCUT2D eigenvalue weighted by atomic mass is 9.53. The number of rotatable bonds is 8. The SMILES string of the molecule is CO[C@H]1C/C=C(\C)[C@H]2CC[C@]3(C)[C@@H]([C@H](C)CCCC(C)C)CC[C@H]3[C@@H]2C[C@H](CCO)C(=O)C1. The van der Waals surface area contributed by atoms with E-state index in [2.05, 4.69) is 40.7 Å². The summed E-state index contributed by atoms with van der Waals surface area (Å²) < 4.78 is 5.65. The Bertz CT molecular complexity index is 667. The fourth-order valence-electron chi connectivity index (χ4n) is 8.22. The number of carbonyl (C=O) groups is 1. The molecule has 0 bridgehead atoms. The molecule has 0 aromatic heterocycles. The number of ketones is 1. The predicted molar refractivity (Wildman–Crippen MR) is 137 cm³/mol. The highest BCUT2D eigenvalue weighted by Crippen LogP contribution is 2.63. The zero-order chi connectivity index (χ0) is 24.2. The van der Waals surface area contributed by atoms with E-state index in [-0.39, 0.29) is 18.6 Å². The highest BCUT2D eigenvalue weighted by atomic mass is 16.5. The van der Waals surface area contributed by atoms with Crippen molar-refractivity contribution < 1.29 is 14.6 Å².